The van der Waals surface area contributed by atoms with Crippen LogP contribution >= 0.6 is 0 Å². The van der Waals surface area contributed by atoms with E-state index in [1.807, 2.05) is 6.07 Å². The van der Waals surface area contributed by atoms with Gasteiger partial charge < -0.3 is 4.74 Å². The van der Waals surface area contributed by atoms with Gasteiger partial charge in [0.25, 0.3) is 0 Å². The molecule has 0 bridgehead atoms. The standard InChI is InChI=1S/C22H22O/c1-23-22-15-9-8-14-21(22)20(16-18-10-4-2-5-11-18)17-19-12-6-3-7-13-19/h2-15,20H,16-17H2,1H3. The van der Waals surface area contributed by atoms with Crippen LogP contribution in [-0.2, 0) is 12.8 Å². The molecule has 0 saturated carbocycles. The Kier molecular flexibility index (Phi) is 5.10. The molecule has 0 radical (unpaired) electrons. The van der Waals surface area contributed by atoms with Gasteiger partial charge in [0.15, 0.2) is 0 Å². The minimum Gasteiger partial charge on any atom is -0.496 e. The lowest BCUT2D eigenvalue weighted by molar-refractivity contribution is 0.404. The molecule has 3 aromatic carbocycles. The first kappa shape index (κ1) is 15.4. The molecule has 0 fully saturated rings. The predicted octanol–water partition coefficient (Wildman–Crippen LogP) is 5.26. The van der Waals surface area contributed by atoms with Crippen molar-refractivity contribution in [3.05, 3.63) is 102 Å². The van der Waals surface area contributed by atoms with Crippen molar-refractivity contribution in [2.75, 3.05) is 7.11 Å². The summed E-state index contributed by atoms with van der Waals surface area (Å²) in [5.74, 6) is 1.38. The molecule has 0 aromatic heterocycles. The Bertz CT molecular complexity index is 678. The fourth-order valence-electron chi connectivity index (χ4n) is 3.09. The highest BCUT2D eigenvalue weighted by Gasteiger charge is 2.17. The summed E-state index contributed by atoms with van der Waals surface area (Å²) in [4.78, 5) is 0. The third kappa shape index (κ3) is 4.01. The summed E-state index contributed by atoms with van der Waals surface area (Å²) < 4.78 is 5.60. The zero-order valence-corrected chi connectivity index (χ0v) is 13.5. The molecule has 0 saturated heterocycles. The molecular formula is C22H22O. The van der Waals surface area contributed by atoms with E-state index >= 15 is 0 Å². The zero-order valence-electron chi connectivity index (χ0n) is 13.5. The van der Waals surface area contributed by atoms with Crippen LogP contribution in [0.25, 0.3) is 0 Å². The maximum atomic E-state index is 5.60. The fourth-order valence-corrected chi connectivity index (χ4v) is 3.09. The van der Waals surface area contributed by atoms with Crippen LogP contribution in [0.2, 0.25) is 0 Å². The number of rotatable bonds is 6. The fraction of sp³-hybridized carbons (Fsp3) is 0.182. The van der Waals surface area contributed by atoms with Gasteiger partial charge >= 0.3 is 0 Å². The summed E-state index contributed by atoms with van der Waals surface area (Å²) in [6.45, 7) is 0. The van der Waals surface area contributed by atoms with Crippen LogP contribution in [-0.4, -0.2) is 7.11 Å². The van der Waals surface area contributed by atoms with Gasteiger partial charge in [-0.3, -0.25) is 0 Å². The van der Waals surface area contributed by atoms with Gasteiger partial charge in [0.1, 0.15) is 5.75 Å². The molecule has 3 aromatic rings. The quantitative estimate of drug-likeness (QED) is 0.603. The minimum atomic E-state index is 0.399. The summed E-state index contributed by atoms with van der Waals surface area (Å²) in [5, 5.41) is 0. The molecule has 0 N–H and O–H groups in total. The first-order chi connectivity index (χ1) is 11.4. The third-order valence-electron chi connectivity index (χ3n) is 4.23. The van der Waals surface area contributed by atoms with Crippen molar-refractivity contribution >= 4 is 0 Å². The highest BCUT2D eigenvalue weighted by molar-refractivity contribution is 5.38. The van der Waals surface area contributed by atoms with Crippen molar-refractivity contribution in [3.63, 3.8) is 0 Å². The van der Waals surface area contributed by atoms with Crippen molar-refractivity contribution in [3.8, 4) is 5.75 Å². The average Bonchev–Trinajstić information content (AvgIpc) is 2.63. The molecule has 0 aliphatic rings. The Morgan fingerprint density at radius 2 is 1.13 bits per heavy atom. The maximum absolute atomic E-state index is 5.60. The molecular weight excluding hydrogens is 280 g/mol. The van der Waals surface area contributed by atoms with Crippen molar-refractivity contribution in [2.45, 2.75) is 18.8 Å². The second-order valence-corrected chi connectivity index (χ2v) is 5.82. The first-order valence-electron chi connectivity index (χ1n) is 8.07. The van der Waals surface area contributed by atoms with Gasteiger partial charge in [0.2, 0.25) is 0 Å². The number of ether oxygens (including phenoxy) is 1. The van der Waals surface area contributed by atoms with Crippen LogP contribution in [0, 0.1) is 0 Å². The molecule has 0 unspecified atom stereocenters. The van der Waals surface area contributed by atoms with E-state index in [-0.39, 0.29) is 0 Å². The molecule has 0 spiro atoms. The summed E-state index contributed by atoms with van der Waals surface area (Å²) in [5.41, 5.74) is 4.00. The summed E-state index contributed by atoms with van der Waals surface area (Å²) in [6.07, 6.45) is 2.02. The van der Waals surface area contributed by atoms with E-state index < -0.39 is 0 Å². The SMILES string of the molecule is COc1ccccc1C(Cc1ccccc1)Cc1ccccc1. The van der Waals surface area contributed by atoms with E-state index in [2.05, 4.69) is 78.9 Å². The Morgan fingerprint density at radius 3 is 1.65 bits per heavy atom. The predicted molar refractivity (Wildman–Crippen MR) is 96.0 cm³/mol. The third-order valence-corrected chi connectivity index (χ3v) is 4.23. The van der Waals surface area contributed by atoms with E-state index in [4.69, 9.17) is 4.74 Å². The second-order valence-electron chi connectivity index (χ2n) is 5.82. The number of para-hydroxylation sites is 1. The summed E-state index contributed by atoms with van der Waals surface area (Å²) in [6, 6.07) is 29.8. The Morgan fingerprint density at radius 1 is 0.652 bits per heavy atom. The highest BCUT2D eigenvalue weighted by Crippen LogP contribution is 2.32. The molecule has 0 aliphatic heterocycles. The normalized spacial score (nSPS) is 10.7. The summed E-state index contributed by atoms with van der Waals surface area (Å²) in [7, 11) is 1.75. The minimum absolute atomic E-state index is 0.399. The van der Waals surface area contributed by atoms with Gasteiger partial charge in [0.05, 0.1) is 7.11 Å². The van der Waals surface area contributed by atoms with Gasteiger partial charge in [-0.25, -0.2) is 0 Å². The van der Waals surface area contributed by atoms with E-state index in [1.165, 1.54) is 16.7 Å². The molecule has 116 valence electrons. The Balaban J connectivity index is 1.92. The van der Waals surface area contributed by atoms with Crippen molar-refractivity contribution in [2.24, 2.45) is 0 Å². The largest absolute Gasteiger partial charge is 0.496 e. The maximum Gasteiger partial charge on any atom is 0.122 e. The van der Waals surface area contributed by atoms with Crippen LogP contribution in [0.3, 0.4) is 0 Å². The van der Waals surface area contributed by atoms with Gasteiger partial charge in [-0.15, -0.1) is 0 Å². The van der Waals surface area contributed by atoms with Crippen molar-refractivity contribution in [1.29, 1.82) is 0 Å². The number of hydrogen-bond donors (Lipinski definition) is 0. The van der Waals surface area contributed by atoms with Gasteiger partial charge in [-0.1, -0.05) is 78.9 Å². The Hall–Kier alpha value is -2.54. The van der Waals surface area contributed by atoms with Gasteiger partial charge in [0, 0.05) is 0 Å². The second kappa shape index (κ2) is 7.64. The molecule has 1 heteroatoms. The number of hydrogen-bond acceptors (Lipinski definition) is 1. The lowest BCUT2D eigenvalue weighted by atomic mass is 9.86. The summed E-state index contributed by atoms with van der Waals surface area (Å²) >= 11 is 0. The van der Waals surface area contributed by atoms with E-state index in [0.29, 0.717) is 5.92 Å². The van der Waals surface area contributed by atoms with Crippen LogP contribution in [0.15, 0.2) is 84.9 Å². The lowest BCUT2D eigenvalue weighted by Gasteiger charge is -2.20. The van der Waals surface area contributed by atoms with Crippen LogP contribution < -0.4 is 4.74 Å². The molecule has 0 heterocycles. The number of methoxy groups -OCH3 is 1. The van der Waals surface area contributed by atoms with Crippen LogP contribution in [0.4, 0.5) is 0 Å². The Labute approximate surface area is 138 Å². The smallest absolute Gasteiger partial charge is 0.122 e. The molecule has 1 nitrogen and oxygen atoms in total. The molecule has 3 rings (SSSR count). The molecule has 0 amide bonds. The molecule has 0 atom stereocenters. The highest BCUT2D eigenvalue weighted by atomic mass is 16.5. The molecule has 0 aliphatic carbocycles. The molecule has 23 heavy (non-hydrogen) atoms. The topological polar surface area (TPSA) is 9.23 Å². The van der Waals surface area contributed by atoms with Crippen molar-refractivity contribution in [1.82, 2.24) is 0 Å². The first-order valence-corrected chi connectivity index (χ1v) is 8.07. The average molecular weight is 302 g/mol. The van der Waals surface area contributed by atoms with E-state index in [0.717, 1.165) is 18.6 Å². The lowest BCUT2D eigenvalue weighted by Crippen LogP contribution is -2.08. The monoisotopic (exact) mass is 302 g/mol. The van der Waals surface area contributed by atoms with Gasteiger partial charge in [-0.2, -0.15) is 0 Å². The van der Waals surface area contributed by atoms with Crippen LogP contribution in [0.5, 0.6) is 5.75 Å². The van der Waals surface area contributed by atoms with E-state index in [9.17, 15) is 0 Å². The number of benzene rings is 3. The van der Waals surface area contributed by atoms with Crippen molar-refractivity contribution < 1.29 is 4.74 Å². The van der Waals surface area contributed by atoms with Crippen LogP contribution in [0.1, 0.15) is 22.6 Å². The zero-order chi connectivity index (χ0) is 15.9. The van der Waals surface area contributed by atoms with E-state index in [1.54, 1.807) is 7.11 Å². The van der Waals surface area contributed by atoms with Gasteiger partial charge in [-0.05, 0) is 41.5 Å².